The molecule has 2 aromatic carbocycles. The van der Waals surface area contributed by atoms with Gasteiger partial charge in [-0.25, -0.2) is 0 Å². The molecule has 0 saturated heterocycles. The lowest BCUT2D eigenvalue weighted by atomic mass is 9.99. The van der Waals surface area contributed by atoms with Crippen molar-refractivity contribution in [3.63, 3.8) is 0 Å². The Kier molecular flexibility index (Phi) is 8.94. The van der Waals surface area contributed by atoms with Crippen LogP contribution in [0.4, 0.5) is 0 Å². The van der Waals surface area contributed by atoms with E-state index in [1.54, 1.807) is 4.58 Å². The van der Waals surface area contributed by atoms with E-state index >= 15 is 0 Å². The van der Waals surface area contributed by atoms with Crippen molar-refractivity contribution in [3.05, 3.63) is 64.3 Å². The van der Waals surface area contributed by atoms with Gasteiger partial charge in [0.15, 0.2) is 0 Å². The van der Waals surface area contributed by atoms with Gasteiger partial charge < -0.3 is 4.57 Å². The van der Waals surface area contributed by atoms with Crippen LogP contribution in [0.3, 0.4) is 0 Å². The van der Waals surface area contributed by atoms with Crippen LogP contribution >= 0.6 is 23.4 Å². The second-order valence-corrected chi connectivity index (χ2v) is 12.6. The van der Waals surface area contributed by atoms with E-state index in [-0.39, 0.29) is 4.75 Å². The van der Waals surface area contributed by atoms with Crippen molar-refractivity contribution in [2.45, 2.75) is 69.6 Å². The molecule has 1 aromatic heterocycles. The van der Waals surface area contributed by atoms with Crippen LogP contribution in [0.5, 0.6) is 0 Å². The summed E-state index contributed by atoms with van der Waals surface area (Å²) in [6.07, 6.45) is 3.60. The number of nitrogens with one attached hydrogen (secondary N) is 1. The standard InChI is InChI=1S/C28H38ClN5S/c1-19(2)22-10-8-11-23-25(22)26(35-28(3,4)5)24(12-9-17-31-32-27(30)33(6)7)34(23)18-20-13-15-21(29)16-14-20/h8,10-11,13-17,19H,9,12,18H2,1-7H3,(H2,30,32)/p+1. The molecular weight excluding hydrogens is 474 g/mol. The number of halogens is 1. The normalized spacial score (nSPS) is 12.1. The van der Waals surface area contributed by atoms with E-state index in [1.165, 1.54) is 32.6 Å². The van der Waals surface area contributed by atoms with Crippen molar-refractivity contribution in [3.8, 4) is 0 Å². The maximum atomic E-state index is 6.17. The van der Waals surface area contributed by atoms with Crippen LogP contribution in [0.1, 0.15) is 63.8 Å². The molecule has 0 bridgehead atoms. The van der Waals surface area contributed by atoms with Crippen molar-refractivity contribution < 1.29 is 4.58 Å². The molecular formula is C28H39ClN5S+. The number of guanidine groups is 1. The molecule has 3 rings (SSSR count). The summed E-state index contributed by atoms with van der Waals surface area (Å²) >= 11 is 8.13. The van der Waals surface area contributed by atoms with E-state index in [9.17, 15) is 0 Å². The topological polar surface area (TPSA) is 58.3 Å². The van der Waals surface area contributed by atoms with Gasteiger partial charge in [0.1, 0.15) is 0 Å². The molecule has 1 heterocycles. The van der Waals surface area contributed by atoms with E-state index in [0.29, 0.717) is 11.9 Å². The molecule has 3 N–H and O–H groups in total. The van der Waals surface area contributed by atoms with Crippen LogP contribution < -0.4 is 11.2 Å². The Morgan fingerprint density at radius 2 is 1.86 bits per heavy atom. The highest BCUT2D eigenvalue weighted by Gasteiger charge is 2.25. The summed E-state index contributed by atoms with van der Waals surface area (Å²) in [5.74, 6) is 0.955. The molecule has 0 fully saturated rings. The molecule has 7 heteroatoms. The van der Waals surface area contributed by atoms with Gasteiger partial charge in [-0.1, -0.05) is 70.5 Å². The minimum atomic E-state index is 0.0863. The van der Waals surface area contributed by atoms with Crippen molar-refractivity contribution >= 4 is 46.4 Å². The second kappa shape index (κ2) is 11.5. The van der Waals surface area contributed by atoms with Gasteiger partial charge in [-0.15, -0.1) is 16.9 Å². The van der Waals surface area contributed by atoms with Gasteiger partial charge in [-0.3, -0.25) is 10.3 Å². The van der Waals surface area contributed by atoms with Crippen LogP contribution in [-0.2, 0) is 13.0 Å². The predicted molar refractivity (Wildman–Crippen MR) is 153 cm³/mol. The first-order chi connectivity index (χ1) is 16.5. The van der Waals surface area contributed by atoms with Crippen LogP contribution in [0.15, 0.2) is 52.5 Å². The Morgan fingerprint density at radius 3 is 2.46 bits per heavy atom. The summed E-state index contributed by atoms with van der Waals surface area (Å²) in [5, 5.41) is 6.47. The summed E-state index contributed by atoms with van der Waals surface area (Å²) in [5.41, 5.74) is 14.1. The van der Waals surface area contributed by atoms with Crippen LogP contribution in [-0.4, -0.2) is 40.2 Å². The lowest BCUT2D eigenvalue weighted by molar-refractivity contribution is -0.467. The average molecular weight is 513 g/mol. The first-order valence-corrected chi connectivity index (χ1v) is 13.3. The molecule has 0 aliphatic rings. The monoisotopic (exact) mass is 512 g/mol. The molecule has 0 aliphatic heterocycles. The Hall–Kier alpha value is -2.44. The highest BCUT2D eigenvalue weighted by atomic mass is 35.5. The molecule has 5 nitrogen and oxygen atoms in total. The zero-order chi connectivity index (χ0) is 25.8. The molecule has 0 spiro atoms. The van der Waals surface area contributed by atoms with Crippen LogP contribution in [0.25, 0.3) is 10.9 Å². The zero-order valence-corrected chi connectivity index (χ0v) is 23.6. The molecule has 188 valence electrons. The quantitative estimate of drug-likeness (QED) is 0.120. The number of hydrogen-bond donors (Lipinski definition) is 2. The van der Waals surface area contributed by atoms with Crippen molar-refractivity contribution in [1.29, 1.82) is 0 Å². The van der Waals surface area contributed by atoms with E-state index < -0.39 is 0 Å². The molecule has 0 saturated carbocycles. The number of thioether (sulfide) groups is 1. The third-order valence-corrected chi connectivity index (χ3v) is 7.24. The van der Waals surface area contributed by atoms with Crippen molar-refractivity contribution in [1.82, 2.24) is 9.99 Å². The number of fused-ring (bicyclic) bond motifs is 1. The third kappa shape index (κ3) is 7.05. The number of nitrogens with two attached hydrogens (primary N) is 1. The Morgan fingerprint density at radius 1 is 1.17 bits per heavy atom. The van der Waals surface area contributed by atoms with E-state index in [4.69, 9.17) is 17.3 Å². The van der Waals surface area contributed by atoms with Gasteiger partial charge in [0.2, 0.25) is 0 Å². The molecule has 0 amide bonds. The number of nitrogens with zero attached hydrogens (tertiary/aromatic N) is 3. The molecule has 0 unspecified atom stereocenters. The Bertz CT molecular complexity index is 1210. The van der Waals surface area contributed by atoms with Crippen molar-refractivity contribution in [2.75, 3.05) is 14.1 Å². The molecule has 0 radical (unpaired) electrons. The van der Waals surface area contributed by atoms with E-state index in [1.807, 2.05) is 44.2 Å². The predicted octanol–water partition coefficient (Wildman–Crippen LogP) is 6.45. The smallest absolute Gasteiger partial charge is 0.339 e. The van der Waals surface area contributed by atoms with Crippen LogP contribution in [0.2, 0.25) is 5.02 Å². The number of rotatable bonds is 8. The average Bonchev–Trinajstić information content (AvgIpc) is 3.05. The van der Waals surface area contributed by atoms with E-state index in [2.05, 4.69) is 80.0 Å². The third-order valence-electron chi connectivity index (χ3n) is 5.73. The highest BCUT2D eigenvalue weighted by Crippen LogP contribution is 2.44. The fraction of sp³-hybridized carbons (Fsp3) is 0.429. The zero-order valence-electron chi connectivity index (χ0n) is 22.0. The fourth-order valence-electron chi connectivity index (χ4n) is 4.02. The summed E-state index contributed by atoms with van der Waals surface area (Å²) in [4.78, 5) is 1.38. The summed E-state index contributed by atoms with van der Waals surface area (Å²) in [6.45, 7) is 12.2. The number of hydrazone groups is 1. The maximum Gasteiger partial charge on any atom is 0.366 e. The SMILES string of the molecule is CC(C)c1cccc2c1c(SC(C)(C)C)c(CCC=NNC(N)=[N+](C)C)n2Cc1ccc(Cl)cc1. The lowest BCUT2D eigenvalue weighted by Gasteiger charge is -2.20. The second-order valence-electron chi connectivity index (χ2n) is 10.3. The molecule has 0 atom stereocenters. The Balaban J connectivity index is 2.11. The molecule has 35 heavy (non-hydrogen) atoms. The minimum absolute atomic E-state index is 0.0863. The van der Waals surface area contributed by atoms with E-state index in [0.717, 1.165) is 24.4 Å². The first-order valence-electron chi connectivity index (χ1n) is 12.1. The summed E-state index contributed by atoms with van der Waals surface area (Å²) in [6, 6.07) is 14.9. The fourth-order valence-corrected chi connectivity index (χ4v) is 5.41. The largest absolute Gasteiger partial charge is 0.366 e. The number of hydrogen-bond acceptors (Lipinski definition) is 2. The van der Waals surface area contributed by atoms with Gasteiger partial charge >= 0.3 is 5.96 Å². The molecule has 3 aromatic rings. The molecule has 0 aliphatic carbocycles. The van der Waals surface area contributed by atoms with Gasteiger partial charge in [-0.05, 0) is 48.1 Å². The number of benzene rings is 2. The van der Waals surface area contributed by atoms with Gasteiger partial charge in [0, 0.05) is 44.0 Å². The highest BCUT2D eigenvalue weighted by molar-refractivity contribution is 8.00. The minimum Gasteiger partial charge on any atom is -0.339 e. The first kappa shape index (κ1) is 27.2. The lowest BCUT2D eigenvalue weighted by Crippen LogP contribution is -2.34. The van der Waals surface area contributed by atoms with Gasteiger partial charge in [0.25, 0.3) is 0 Å². The Labute approximate surface area is 219 Å². The van der Waals surface area contributed by atoms with Gasteiger partial charge in [-0.2, -0.15) is 5.43 Å². The van der Waals surface area contributed by atoms with Gasteiger partial charge in [0.05, 0.1) is 14.1 Å². The van der Waals surface area contributed by atoms with Crippen LogP contribution in [0, 0.1) is 0 Å². The number of aromatic nitrogens is 1. The summed E-state index contributed by atoms with van der Waals surface area (Å²) in [7, 11) is 3.77. The van der Waals surface area contributed by atoms with Crippen molar-refractivity contribution in [2.24, 2.45) is 10.8 Å². The maximum absolute atomic E-state index is 6.17. The summed E-state index contributed by atoms with van der Waals surface area (Å²) < 4.78 is 4.37.